The van der Waals surface area contributed by atoms with Crippen molar-refractivity contribution in [2.24, 2.45) is 0 Å². The van der Waals surface area contributed by atoms with Crippen molar-refractivity contribution >= 4 is 25.1 Å². The van der Waals surface area contributed by atoms with Gasteiger partial charge < -0.3 is 13.8 Å². The van der Waals surface area contributed by atoms with E-state index in [9.17, 15) is 28.7 Å². The van der Waals surface area contributed by atoms with Gasteiger partial charge >= 0.3 is 11.9 Å². The van der Waals surface area contributed by atoms with E-state index in [2.05, 4.69) is 0 Å². The molecule has 0 bridgehead atoms. The second kappa shape index (κ2) is 10.1. The highest BCUT2D eigenvalue weighted by atomic mass is 31.2. The van der Waals surface area contributed by atoms with Crippen LogP contribution in [0.2, 0.25) is 0 Å². The monoisotopic (exact) mass is 468 g/mol. The molecule has 1 aromatic carbocycles. The molecule has 2 atom stereocenters. The zero-order valence-corrected chi connectivity index (χ0v) is 18.2. The van der Waals surface area contributed by atoms with Crippen LogP contribution in [0.25, 0.3) is 0 Å². The fourth-order valence-electron chi connectivity index (χ4n) is 3.40. The number of piperidine rings is 1. The molecule has 2 aromatic rings. The maximum Gasteiger partial charge on any atom is 0.433 e. The van der Waals surface area contributed by atoms with Crippen LogP contribution in [-0.2, 0) is 36.5 Å². The Morgan fingerprint density at radius 3 is 2.66 bits per heavy atom. The van der Waals surface area contributed by atoms with E-state index in [1.54, 1.807) is 12.1 Å². The number of aryl methyl sites for hydroxylation is 1. The molecule has 10 nitrogen and oxygen atoms in total. The standard InChI is InChI=1S/C20H22FN2O8P/c1-14(24)31-22-11-2-3-18(20(22)25)32(28,12-10-15-4-6-16(21)7-5-15)29-13-17-8-9-19(30-17)23(26)27/h4-9,18H,2-3,10-13H2,1H3. The Bertz CT molecular complexity index is 1040. The van der Waals surface area contributed by atoms with Gasteiger partial charge in [0.25, 0.3) is 5.91 Å². The minimum absolute atomic E-state index is 0.0360. The number of furan rings is 1. The molecule has 172 valence electrons. The number of amides is 1. The third kappa shape index (κ3) is 5.80. The van der Waals surface area contributed by atoms with Crippen LogP contribution in [0.1, 0.15) is 31.1 Å². The maximum absolute atomic E-state index is 13.9. The smallest absolute Gasteiger partial charge is 0.403 e. The molecular weight excluding hydrogens is 446 g/mol. The van der Waals surface area contributed by atoms with Crippen LogP contribution >= 0.6 is 7.37 Å². The summed E-state index contributed by atoms with van der Waals surface area (Å²) in [4.78, 5) is 39.2. The Morgan fingerprint density at radius 1 is 1.31 bits per heavy atom. The normalized spacial score (nSPS) is 18.2. The number of halogens is 1. The minimum atomic E-state index is -3.70. The fourth-order valence-corrected chi connectivity index (χ4v) is 5.98. The number of carbonyl (C=O) groups is 2. The number of nitro groups is 1. The highest BCUT2D eigenvalue weighted by molar-refractivity contribution is 7.60. The molecule has 0 spiro atoms. The van der Waals surface area contributed by atoms with Gasteiger partial charge in [-0.2, -0.15) is 5.06 Å². The summed E-state index contributed by atoms with van der Waals surface area (Å²) in [6.07, 6.45) is 0.911. The summed E-state index contributed by atoms with van der Waals surface area (Å²) in [6, 6.07) is 8.12. The number of nitrogens with zero attached hydrogens (tertiary/aromatic N) is 2. The molecule has 1 saturated heterocycles. The van der Waals surface area contributed by atoms with Crippen LogP contribution < -0.4 is 0 Å². The van der Waals surface area contributed by atoms with E-state index in [0.717, 1.165) is 18.1 Å². The van der Waals surface area contributed by atoms with Crippen molar-refractivity contribution in [1.29, 1.82) is 0 Å². The molecule has 12 heteroatoms. The van der Waals surface area contributed by atoms with Gasteiger partial charge in [-0.15, -0.1) is 0 Å². The Labute approximate surface area is 182 Å². The minimum Gasteiger partial charge on any atom is -0.403 e. The number of carbonyl (C=O) groups excluding carboxylic acids is 2. The Kier molecular flexibility index (Phi) is 7.42. The summed E-state index contributed by atoms with van der Waals surface area (Å²) in [6.45, 7) is 0.995. The average Bonchev–Trinajstić information content (AvgIpc) is 3.23. The lowest BCUT2D eigenvalue weighted by atomic mass is 10.1. The number of hydroxylamine groups is 2. The van der Waals surface area contributed by atoms with E-state index in [-0.39, 0.29) is 37.9 Å². The first-order valence-electron chi connectivity index (χ1n) is 9.89. The van der Waals surface area contributed by atoms with E-state index in [4.69, 9.17) is 13.8 Å². The van der Waals surface area contributed by atoms with Gasteiger partial charge in [-0.05, 0) is 43.0 Å². The topological polar surface area (TPSA) is 129 Å². The van der Waals surface area contributed by atoms with Crippen molar-refractivity contribution in [3.63, 3.8) is 0 Å². The largest absolute Gasteiger partial charge is 0.433 e. The fraction of sp³-hybridized carbons (Fsp3) is 0.400. The first kappa shape index (κ1) is 23.6. The molecule has 0 radical (unpaired) electrons. The zero-order chi connectivity index (χ0) is 23.3. The molecule has 3 rings (SSSR count). The van der Waals surface area contributed by atoms with E-state index < -0.39 is 41.5 Å². The molecule has 1 fully saturated rings. The third-order valence-electron chi connectivity index (χ3n) is 4.96. The first-order chi connectivity index (χ1) is 15.2. The molecule has 1 aliphatic rings. The van der Waals surface area contributed by atoms with E-state index >= 15 is 0 Å². The Morgan fingerprint density at radius 2 is 2.03 bits per heavy atom. The van der Waals surface area contributed by atoms with Crippen molar-refractivity contribution in [2.75, 3.05) is 12.7 Å². The molecule has 0 saturated carbocycles. The molecule has 2 unspecified atom stereocenters. The van der Waals surface area contributed by atoms with Crippen molar-refractivity contribution in [3.8, 4) is 0 Å². The van der Waals surface area contributed by atoms with Crippen molar-refractivity contribution < 1.29 is 37.2 Å². The van der Waals surface area contributed by atoms with Gasteiger partial charge in [0.2, 0.25) is 7.37 Å². The molecule has 1 amide bonds. The van der Waals surface area contributed by atoms with Crippen LogP contribution in [0.5, 0.6) is 0 Å². The maximum atomic E-state index is 13.9. The highest BCUT2D eigenvalue weighted by Crippen LogP contribution is 2.56. The lowest BCUT2D eigenvalue weighted by Gasteiger charge is -2.34. The summed E-state index contributed by atoms with van der Waals surface area (Å²) in [5.74, 6) is -2.12. The molecular formula is C20H22FN2O8P. The van der Waals surface area contributed by atoms with Crippen LogP contribution in [0.15, 0.2) is 40.8 Å². The van der Waals surface area contributed by atoms with Crippen LogP contribution in [0.3, 0.4) is 0 Å². The summed E-state index contributed by atoms with van der Waals surface area (Å²) in [7, 11) is -3.70. The predicted molar refractivity (Wildman–Crippen MR) is 109 cm³/mol. The zero-order valence-electron chi connectivity index (χ0n) is 17.3. The number of hydrogen-bond donors (Lipinski definition) is 0. The van der Waals surface area contributed by atoms with Crippen LogP contribution in [-0.4, -0.2) is 40.2 Å². The molecule has 1 aliphatic heterocycles. The van der Waals surface area contributed by atoms with E-state index in [1.165, 1.54) is 18.2 Å². The van der Waals surface area contributed by atoms with Gasteiger partial charge in [0.15, 0.2) is 0 Å². The summed E-state index contributed by atoms with van der Waals surface area (Å²) >= 11 is 0. The summed E-state index contributed by atoms with van der Waals surface area (Å²) < 4.78 is 37.8. The van der Waals surface area contributed by atoms with Crippen molar-refractivity contribution in [3.05, 3.63) is 63.7 Å². The molecule has 32 heavy (non-hydrogen) atoms. The number of benzene rings is 1. The van der Waals surface area contributed by atoms with Gasteiger partial charge in [-0.1, -0.05) is 12.1 Å². The van der Waals surface area contributed by atoms with Gasteiger partial charge in [-0.3, -0.25) is 24.3 Å². The van der Waals surface area contributed by atoms with Crippen LogP contribution in [0, 0.1) is 15.9 Å². The number of rotatable bonds is 9. The second-order valence-corrected chi connectivity index (χ2v) is 10.1. The quantitative estimate of drug-likeness (QED) is 0.308. The lowest BCUT2D eigenvalue weighted by Crippen LogP contribution is -2.45. The van der Waals surface area contributed by atoms with Gasteiger partial charge in [-0.25, -0.2) is 4.39 Å². The first-order valence-corrected chi connectivity index (χ1v) is 11.8. The van der Waals surface area contributed by atoms with Crippen molar-refractivity contribution in [1.82, 2.24) is 5.06 Å². The molecule has 1 aromatic heterocycles. The molecule has 2 heterocycles. The van der Waals surface area contributed by atoms with Gasteiger partial charge in [0.1, 0.15) is 28.8 Å². The number of hydrogen-bond acceptors (Lipinski definition) is 8. The molecule has 0 aliphatic carbocycles. The second-order valence-electron chi connectivity index (χ2n) is 7.28. The Balaban J connectivity index is 1.80. The molecule has 0 N–H and O–H groups in total. The summed E-state index contributed by atoms with van der Waals surface area (Å²) in [5, 5.41) is 11.7. The van der Waals surface area contributed by atoms with E-state index in [0.29, 0.717) is 12.0 Å². The Hall–Kier alpha value is -3.04. The van der Waals surface area contributed by atoms with Crippen molar-refractivity contribution in [2.45, 2.75) is 38.5 Å². The van der Waals surface area contributed by atoms with Gasteiger partial charge in [0.05, 0.1) is 12.6 Å². The third-order valence-corrected chi connectivity index (χ3v) is 7.80. The predicted octanol–water partition coefficient (Wildman–Crippen LogP) is 3.83. The lowest BCUT2D eigenvalue weighted by molar-refractivity contribution is -0.402. The highest BCUT2D eigenvalue weighted by Gasteiger charge is 2.44. The van der Waals surface area contributed by atoms with Gasteiger partial charge in [0, 0.05) is 13.1 Å². The summed E-state index contributed by atoms with van der Waals surface area (Å²) in [5.41, 5.74) is -0.357. The van der Waals surface area contributed by atoms with Crippen LogP contribution in [0.4, 0.5) is 10.3 Å². The average molecular weight is 468 g/mol. The SMILES string of the molecule is CC(=O)ON1CCCC(P(=O)(CCc2ccc(F)cc2)OCc2ccc([N+](=O)[O-])o2)C1=O. The van der Waals surface area contributed by atoms with E-state index in [1.807, 2.05) is 0 Å².